The molecule has 0 fully saturated rings. The van der Waals surface area contributed by atoms with Crippen molar-refractivity contribution in [2.45, 2.75) is 244 Å². The molecule has 0 saturated heterocycles. The van der Waals surface area contributed by atoms with Gasteiger partial charge in [0.25, 0.3) is 0 Å². The SMILES string of the molecule is CC/C=C/C=C/C=C/C=C\CCCCCCCC(=O)OC(CCCCCCCCC)CC(=O)NC(CO)C(O)CCCCCCCCCCCCCCCC. The Balaban J connectivity index is 4.45. The van der Waals surface area contributed by atoms with Crippen molar-refractivity contribution < 1.29 is 24.5 Å². The van der Waals surface area contributed by atoms with Gasteiger partial charge < -0.3 is 20.3 Å². The molecular weight excluding hydrogens is 683 g/mol. The third kappa shape index (κ3) is 38.5. The van der Waals surface area contributed by atoms with E-state index < -0.39 is 18.2 Å². The van der Waals surface area contributed by atoms with E-state index >= 15 is 0 Å². The van der Waals surface area contributed by atoms with Crippen molar-refractivity contribution in [3.63, 3.8) is 0 Å². The molecule has 6 heteroatoms. The van der Waals surface area contributed by atoms with Gasteiger partial charge in [-0.15, -0.1) is 0 Å². The molecule has 0 bridgehead atoms. The van der Waals surface area contributed by atoms with Crippen LogP contribution in [0.5, 0.6) is 0 Å². The molecule has 0 aromatic rings. The van der Waals surface area contributed by atoms with Crippen LogP contribution in [-0.4, -0.2) is 46.9 Å². The van der Waals surface area contributed by atoms with Crippen LogP contribution >= 0.6 is 0 Å². The summed E-state index contributed by atoms with van der Waals surface area (Å²) in [5.41, 5.74) is 0. The minimum absolute atomic E-state index is 0.0680. The number of carbonyl (C=O) groups excluding carboxylic acids is 2. The molecular formula is C49H89NO5. The predicted octanol–water partition coefficient (Wildman–Crippen LogP) is 13.5. The fourth-order valence-electron chi connectivity index (χ4n) is 6.97. The molecule has 0 aliphatic rings. The zero-order valence-electron chi connectivity index (χ0n) is 36.3. The van der Waals surface area contributed by atoms with E-state index in [2.05, 4.69) is 56.5 Å². The highest BCUT2D eigenvalue weighted by Crippen LogP contribution is 2.17. The molecule has 1 amide bonds. The number of hydrogen-bond donors (Lipinski definition) is 3. The van der Waals surface area contributed by atoms with Crippen LogP contribution in [0.3, 0.4) is 0 Å². The first kappa shape index (κ1) is 52.8. The molecule has 0 aromatic heterocycles. The van der Waals surface area contributed by atoms with E-state index in [1.807, 2.05) is 18.2 Å². The van der Waals surface area contributed by atoms with Gasteiger partial charge in [-0.1, -0.05) is 217 Å². The maximum atomic E-state index is 13.1. The van der Waals surface area contributed by atoms with Crippen LogP contribution in [0.15, 0.2) is 48.6 Å². The summed E-state index contributed by atoms with van der Waals surface area (Å²) in [6, 6.07) is -0.702. The van der Waals surface area contributed by atoms with E-state index in [0.29, 0.717) is 19.3 Å². The van der Waals surface area contributed by atoms with E-state index in [4.69, 9.17) is 4.74 Å². The van der Waals surface area contributed by atoms with Crippen LogP contribution in [0, 0.1) is 0 Å². The van der Waals surface area contributed by atoms with Crippen molar-refractivity contribution in [2.24, 2.45) is 0 Å². The first-order valence-corrected chi connectivity index (χ1v) is 23.4. The van der Waals surface area contributed by atoms with Gasteiger partial charge in [-0.05, 0) is 44.9 Å². The fraction of sp³-hybridized carbons (Fsp3) is 0.796. The molecule has 0 saturated carbocycles. The maximum absolute atomic E-state index is 13.1. The maximum Gasteiger partial charge on any atom is 0.306 e. The van der Waals surface area contributed by atoms with Gasteiger partial charge in [0, 0.05) is 6.42 Å². The van der Waals surface area contributed by atoms with Crippen LogP contribution in [0.2, 0.25) is 0 Å². The van der Waals surface area contributed by atoms with E-state index in [9.17, 15) is 19.8 Å². The number of allylic oxidation sites excluding steroid dienone is 8. The Morgan fingerprint density at radius 3 is 1.49 bits per heavy atom. The molecule has 0 aliphatic heterocycles. The molecule has 0 spiro atoms. The quantitative estimate of drug-likeness (QED) is 0.0327. The molecule has 3 atom stereocenters. The van der Waals surface area contributed by atoms with E-state index in [1.54, 1.807) is 0 Å². The van der Waals surface area contributed by atoms with Crippen molar-refractivity contribution >= 4 is 11.9 Å². The highest BCUT2D eigenvalue weighted by molar-refractivity contribution is 5.77. The summed E-state index contributed by atoms with van der Waals surface area (Å²) >= 11 is 0. The number of carbonyl (C=O) groups is 2. The monoisotopic (exact) mass is 772 g/mol. The van der Waals surface area contributed by atoms with Crippen LogP contribution in [-0.2, 0) is 14.3 Å². The summed E-state index contributed by atoms with van der Waals surface area (Å²) in [7, 11) is 0. The van der Waals surface area contributed by atoms with Crippen LogP contribution in [0.4, 0.5) is 0 Å². The Morgan fingerprint density at radius 2 is 0.982 bits per heavy atom. The van der Waals surface area contributed by atoms with Gasteiger partial charge in [0.05, 0.1) is 25.2 Å². The largest absolute Gasteiger partial charge is 0.462 e. The van der Waals surface area contributed by atoms with Crippen LogP contribution < -0.4 is 5.32 Å². The Hall–Kier alpha value is -2.18. The molecule has 3 unspecified atom stereocenters. The highest BCUT2D eigenvalue weighted by atomic mass is 16.5. The average Bonchev–Trinajstić information content (AvgIpc) is 3.18. The van der Waals surface area contributed by atoms with Gasteiger partial charge in [0.2, 0.25) is 5.91 Å². The molecule has 6 nitrogen and oxygen atoms in total. The number of unbranched alkanes of at least 4 members (excludes halogenated alkanes) is 24. The van der Waals surface area contributed by atoms with Crippen LogP contribution in [0.25, 0.3) is 0 Å². The third-order valence-corrected chi connectivity index (χ3v) is 10.5. The normalized spacial score (nSPS) is 13.8. The number of ether oxygens (including phenoxy) is 1. The van der Waals surface area contributed by atoms with Gasteiger partial charge in [0.1, 0.15) is 6.10 Å². The molecule has 0 radical (unpaired) electrons. The number of esters is 1. The van der Waals surface area contributed by atoms with Gasteiger partial charge in [-0.2, -0.15) is 0 Å². The molecule has 3 N–H and O–H groups in total. The summed E-state index contributed by atoms with van der Waals surface area (Å²) in [5, 5.41) is 23.6. The summed E-state index contributed by atoms with van der Waals surface area (Å²) in [5.74, 6) is -0.504. The van der Waals surface area contributed by atoms with Gasteiger partial charge >= 0.3 is 5.97 Å². The zero-order valence-corrected chi connectivity index (χ0v) is 36.3. The Morgan fingerprint density at radius 1 is 0.545 bits per heavy atom. The number of aliphatic hydroxyl groups excluding tert-OH is 2. The highest BCUT2D eigenvalue weighted by Gasteiger charge is 2.24. The molecule has 320 valence electrons. The molecule has 0 aromatic carbocycles. The molecule has 0 heterocycles. The van der Waals surface area contributed by atoms with Gasteiger partial charge in [-0.3, -0.25) is 9.59 Å². The Bertz CT molecular complexity index is 957. The number of amides is 1. The van der Waals surface area contributed by atoms with Crippen molar-refractivity contribution in [2.75, 3.05) is 6.61 Å². The Labute approximate surface area is 340 Å². The van der Waals surface area contributed by atoms with Crippen molar-refractivity contribution in [3.8, 4) is 0 Å². The van der Waals surface area contributed by atoms with Crippen LogP contribution in [0.1, 0.15) is 226 Å². The molecule has 0 aliphatic carbocycles. The number of aliphatic hydroxyl groups is 2. The number of hydrogen-bond acceptors (Lipinski definition) is 5. The lowest BCUT2D eigenvalue weighted by molar-refractivity contribution is -0.151. The second kappa shape index (κ2) is 43.0. The summed E-state index contributed by atoms with van der Waals surface area (Å²) in [6.07, 6.45) is 50.3. The smallest absolute Gasteiger partial charge is 0.306 e. The summed E-state index contributed by atoms with van der Waals surface area (Å²) in [4.78, 5) is 25.9. The molecule has 0 rings (SSSR count). The summed E-state index contributed by atoms with van der Waals surface area (Å²) < 4.78 is 5.87. The predicted molar refractivity (Wildman–Crippen MR) is 236 cm³/mol. The minimum Gasteiger partial charge on any atom is -0.462 e. The lowest BCUT2D eigenvalue weighted by Crippen LogP contribution is -2.46. The summed E-state index contributed by atoms with van der Waals surface area (Å²) in [6.45, 7) is 6.30. The lowest BCUT2D eigenvalue weighted by Gasteiger charge is -2.24. The van der Waals surface area contributed by atoms with E-state index in [0.717, 1.165) is 83.5 Å². The van der Waals surface area contributed by atoms with Crippen molar-refractivity contribution in [1.29, 1.82) is 0 Å². The second-order valence-corrected chi connectivity index (χ2v) is 15.9. The van der Waals surface area contributed by atoms with Gasteiger partial charge in [-0.25, -0.2) is 0 Å². The van der Waals surface area contributed by atoms with E-state index in [-0.39, 0.29) is 24.9 Å². The number of rotatable bonds is 41. The third-order valence-electron chi connectivity index (χ3n) is 10.5. The first-order valence-electron chi connectivity index (χ1n) is 23.4. The molecule has 55 heavy (non-hydrogen) atoms. The standard InChI is InChI=1S/C49H89NO5/c1-4-7-10-13-16-18-20-22-24-26-28-30-33-36-39-42-49(54)55-45(40-37-34-31-15-12-9-6-3)43-48(53)50-46(44-51)47(52)41-38-35-32-29-27-25-23-21-19-17-14-11-8-5-2/h7,10,13,16,18,20,22,24,45-47,51-52H,4-6,8-9,11-12,14-15,17,19,21,23,25-44H2,1-3H3,(H,50,53)/b10-7+,16-13+,20-18+,24-22-. The van der Waals surface area contributed by atoms with Crippen molar-refractivity contribution in [1.82, 2.24) is 5.32 Å². The first-order chi connectivity index (χ1) is 27.0. The average molecular weight is 772 g/mol. The number of nitrogens with one attached hydrogen (secondary N) is 1. The topological polar surface area (TPSA) is 95.9 Å². The van der Waals surface area contributed by atoms with Crippen molar-refractivity contribution in [3.05, 3.63) is 48.6 Å². The zero-order chi connectivity index (χ0) is 40.3. The lowest BCUT2D eigenvalue weighted by atomic mass is 10.0. The second-order valence-electron chi connectivity index (χ2n) is 15.9. The van der Waals surface area contributed by atoms with E-state index in [1.165, 1.54) is 96.3 Å². The minimum atomic E-state index is -0.788. The fourth-order valence-corrected chi connectivity index (χ4v) is 6.97. The Kier molecular flexibility index (Phi) is 41.2. The van der Waals surface area contributed by atoms with Gasteiger partial charge in [0.15, 0.2) is 0 Å².